The van der Waals surface area contributed by atoms with E-state index in [2.05, 4.69) is 6.07 Å². The van der Waals surface area contributed by atoms with Crippen molar-refractivity contribution >= 4 is 10.0 Å². The topological polar surface area (TPSA) is 37.4 Å². The van der Waals surface area contributed by atoms with Gasteiger partial charge in [0.15, 0.2) is 0 Å². The van der Waals surface area contributed by atoms with Gasteiger partial charge in [0.1, 0.15) is 5.82 Å². The highest BCUT2D eigenvalue weighted by Crippen LogP contribution is 2.30. The van der Waals surface area contributed by atoms with Crippen LogP contribution in [0.3, 0.4) is 0 Å². The molecule has 1 unspecified atom stereocenters. The van der Waals surface area contributed by atoms with Crippen LogP contribution >= 0.6 is 0 Å². The predicted molar refractivity (Wildman–Crippen MR) is 84.3 cm³/mol. The Bertz CT molecular complexity index is 772. The van der Waals surface area contributed by atoms with Crippen LogP contribution in [0.15, 0.2) is 48.5 Å². The van der Waals surface area contributed by atoms with Crippen LogP contribution in [0.5, 0.6) is 0 Å². The summed E-state index contributed by atoms with van der Waals surface area (Å²) in [5.74, 6) is -0.281. The molecule has 3 nitrogen and oxygen atoms in total. The molecule has 1 aliphatic heterocycles. The average molecular weight is 319 g/mol. The lowest BCUT2D eigenvalue weighted by Crippen LogP contribution is -2.38. The number of nitrogens with zero attached hydrogens (tertiary/aromatic N) is 1. The summed E-state index contributed by atoms with van der Waals surface area (Å²) < 4.78 is 39.7. The van der Waals surface area contributed by atoms with Crippen molar-refractivity contribution in [2.24, 2.45) is 0 Å². The Labute approximate surface area is 130 Å². The SMILES string of the molecule is CC1CN(S(=O)(=O)Cc2ccc(F)cc2)Cc2ccccc21. The molecule has 3 rings (SSSR count). The molecule has 0 radical (unpaired) electrons. The van der Waals surface area contributed by atoms with Gasteiger partial charge in [-0.05, 0) is 34.7 Å². The van der Waals surface area contributed by atoms with Gasteiger partial charge in [-0.15, -0.1) is 0 Å². The minimum Gasteiger partial charge on any atom is -0.212 e. The highest BCUT2D eigenvalue weighted by atomic mass is 32.2. The number of rotatable bonds is 3. The normalized spacial score (nSPS) is 18.9. The number of hydrogen-bond donors (Lipinski definition) is 0. The zero-order valence-electron chi connectivity index (χ0n) is 12.4. The van der Waals surface area contributed by atoms with Crippen LogP contribution in [0.4, 0.5) is 4.39 Å². The van der Waals surface area contributed by atoms with E-state index in [1.165, 1.54) is 34.1 Å². The van der Waals surface area contributed by atoms with Gasteiger partial charge in [0.25, 0.3) is 0 Å². The molecule has 0 aromatic heterocycles. The van der Waals surface area contributed by atoms with Gasteiger partial charge in [-0.1, -0.05) is 43.3 Å². The summed E-state index contributed by atoms with van der Waals surface area (Å²) in [6.07, 6.45) is 0. The highest BCUT2D eigenvalue weighted by molar-refractivity contribution is 7.88. The van der Waals surface area contributed by atoms with Gasteiger partial charge in [-0.3, -0.25) is 0 Å². The molecule has 0 bridgehead atoms. The summed E-state index contributed by atoms with van der Waals surface area (Å²) in [5, 5.41) is 0. The van der Waals surface area contributed by atoms with Crippen LogP contribution in [-0.2, 0) is 22.3 Å². The van der Waals surface area contributed by atoms with Crippen LogP contribution in [0.2, 0.25) is 0 Å². The fourth-order valence-corrected chi connectivity index (χ4v) is 4.49. The first kappa shape index (κ1) is 15.2. The van der Waals surface area contributed by atoms with Gasteiger partial charge in [-0.25, -0.2) is 12.8 Å². The number of hydrogen-bond acceptors (Lipinski definition) is 2. The number of fused-ring (bicyclic) bond motifs is 1. The quantitative estimate of drug-likeness (QED) is 0.871. The molecule has 22 heavy (non-hydrogen) atoms. The van der Waals surface area contributed by atoms with Crippen molar-refractivity contribution in [2.45, 2.75) is 25.1 Å². The number of sulfonamides is 1. The van der Waals surface area contributed by atoms with Crippen LogP contribution in [-0.4, -0.2) is 19.3 Å². The maximum atomic E-state index is 12.9. The van der Waals surface area contributed by atoms with Crippen molar-refractivity contribution in [3.05, 3.63) is 71.0 Å². The summed E-state index contributed by atoms with van der Waals surface area (Å²) in [6, 6.07) is 13.6. The molecule has 116 valence electrons. The van der Waals surface area contributed by atoms with Gasteiger partial charge >= 0.3 is 0 Å². The van der Waals surface area contributed by atoms with E-state index in [0.29, 0.717) is 18.7 Å². The van der Waals surface area contributed by atoms with Gasteiger partial charge in [0.05, 0.1) is 5.75 Å². The zero-order valence-corrected chi connectivity index (χ0v) is 13.2. The minimum atomic E-state index is -3.41. The Kier molecular flexibility index (Phi) is 4.02. The van der Waals surface area contributed by atoms with Crippen molar-refractivity contribution in [3.8, 4) is 0 Å². The highest BCUT2D eigenvalue weighted by Gasteiger charge is 2.30. The van der Waals surface area contributed by atoms with Crippen molar-refractivity contribution < 1.29 is 12.8 Å². The van der Waals surface area contributed by atoms with Gasteiger partial charge in [-0.2, -0.15) is 4.31 Å². The van der Waals surface area contributed by atoms with E-state index in [0.717, 1.165) is 5.56 Å². The van der Waals surface area contributed by atoms with Crippen molar-refractivity contribution in [2.75, 3.05) is 6.54 Å². The van der Waals surface area contributed by atoms with Crippen LogP contribution in [0.1, 0.15) is 29.5 Å². The average Bonchev–Trinajstić information content (AvgIpc) is 2.49. The summed E-state index contributed by atoms with van der Waals surface area (Å²) in [6.45, 7) is 2.93. The standard InChI is InChI=1S/C17H18FNO2S/c1-13-10-19(11-15-4-2-3-5-17(13)15)22(20,21)12-14-6-8-16(18)9-7-14/h2-9,13H,10-12H2,1H3. The summed E-state index contributed by atoms with van der Waals surface area (Å²) in [4.78, 5) is 0. The van der Waals surface area contributed by atoms with E-state index in [4.69, 9.17) is 0 Å². The first-order chi connectivity index (χ1) is 10.5. The third-order valence-electron chi connectivity index (χ3n) is 4.07. The van der Waals surface area contributed by atoms with Crippen molar-refractivity contribution in [3.63, 3.8) is 0 Å². The third kappa shape index (κ3) is 3.05. The molecule has 0 aliphatic carbocycles. The molecule has 0 N–H and O–H groups in total. The molecule has 1 atom stereocenters. The summed E-state index contributed by atoms with van der Waals surface area (Å²) >= 11 is 0. The Morgan fingerprint density at radius 2 is 1.82 bits per heavy atom. The Hall–Kier alpha value is -1.72. The molecule has 0 fully saturated rings. The maximum Gasteiger partial charge on any atom is 0.218 e. The zero-order chi connectivity index (χ0) is 15.7. The monoisotopic (exact) mass is 319 g/mol. The van der Waals surface area contributed by atoms with Crippen LogP contribution in [0, 0.1) is 5.82 Å². The Balaban J connectivity index is 1.83. The molecular formula is C17H18FNO2S. The number of halogens is 1. The molecule has 0 saturated heterocycles. The third-order valence-corrected chi connectivity index (χ3v) is 5.83. The van der Waals surface area contributed by atoms with Gasteiger partial charge in [0, 0.05) is 13.1 Å². The summed E-state index contributed by atoms with van der Waals surface area (Å²) in [5.41, 5.74) is 2.88. The van der Waals surface area contributed by atoms with Gasteiger partial charge in [0.2, 0.25) is 10.0 Å². The molecule has 5 heteroatoms. The van der Waals surface area contributed by atoms with E-state index >= 15 is 0 Å². The molecular weight excluding hydrogens is 301 g/mol. The Morgan fingerprint density at radius 1 is 1.14 bits per heavy atom. The lowest BCUT2D eigenvalue weighted by atomic mass is 9.92. The van der Waals surface area contributed by atoms with E-state index in [9.17, 15) is 12.8 Å². The predicted octanol–water partition coefficient (Wildman–Crippen LogP) is 3.27. The second-order valence-corrected chi connectivity index (χ2v) is 7.74. The molecule has 0 saturated carbocycles. The maximum absolute atomic E-state index is 12.9. The van der Waals surface area contributed by atoms with E-state index < -0.39 is 10.0 Å². The molecule has 0 spiro atoms. The summed E-state index contributed by atoms with van der Waals surface area (Å²) in [7, 11) is -3.41. The fourth-order valence-electron chi connectivity index (χ4n) is 2.91. The smallest absolute Gasteiger partial charge is 0.212 e. The lowest BCUT2D eigenvalue weighted by molar-refractivity contribution is 0.363. The minimum absolute atomic E-state index is 0.0951. The number of benzene rings is 2. The lowest BCUT2D eigenvalue weighted by Gasteiger charge is -2.32. The molecule has 1 heterocycles. The largest absolute Gasteiger partial charge is 0.218 e. The molecule has 0 amide bonds. The van der Waals surface area contributed by atoms with E-state index in [-0.39, 0.29) is 17.5 Å². The van der Waals surface area contributed by atoms with Crippen molar-refractivity contribution in [1.82, 2.24) is 4.31 Å². The van der Waals surface area contributed by atoms with Crippen molar-refractivity contribution in [1.29, 1.82) is 0 Å². The van der Waals surface area contributed by atoms with Crippen LogP contribution < -0.4 is 0 Å². The Morgan fingerprint density at radius 3 is 2.55 bits per heavy atom. The van der Waals surface area contributed by atoms with Gasteiger partial charge < -0.3 is 0 Å². The first-order valence-electron chi connectivity index (χ1n) is 7.26. The second-order valence-electron chi connectivity index (χ2n) is 5.78. The van der Waals surface area contributed by atoms with E-state index in [1.54, 1.807) is 0 Å². The molecule has 2 aromatic carbocycles. The first-order valence-corrected chi connectivity index (χ1v) is 8.87. The van der Waals surface area contributed by atoms with E-state index in [1.807, 2.05) is 25.1 Å². The second kappa shape index (κ2) is 5.82. The molecule has 1 aliphatic rings. The van der Waals surface area contributed by atoms with Crippen LogP contribution in [0.25, 0.3) is 0 Å². The molecule has 2 aromatic rings. The fraction of sp³-hybridized carbons (Fsp3) is 0.294.